The molecule has 1 atom stereocenters. The Kier molecular flexibility index (Phi) is 6.14. The van der Waals surface area contributed by atoms with Crippen molar-refractivity contribution in [3.63, 3.8) is 0 Å². The number of aliphatic carboxylic acids is 1. The maximum Gasteiger partial charge on any atom is 0.325 e. The van der Waals surface area contributed by atoms with Crippen molar-refractivity contribution in [3.8, 4) is 0 Å². The third kappa shape index (κ3) is 7.46. The molecule has 0 heterocycles. The van der Waals surface area contributed by atoms with Crippen LogP contribution in [0.5, 0.6) is 0 Å². The molecule has 4 heteroatoms. The summed E-state index contributed by atoms with van der Waals surface area (Å²) in [6, 6.07) is 0. The molecule has 0 amide bonds. The highest BCUT2D eigenvalue weighted by molar-refractivity contribution is 5.73. The predicted molar refractivity (Wildman–Crippen MR) is 51.2 cm³/mol. The largest absolute Gasteiger partial charge is 0.480 e. The Bertz CT molecular complexity index is 178. The van der Waals surface area contributed by atoms with E-state index in [1.807, 2.05) is 0 Å². The van der Waals surface area contributed by atoms with Crippen molar-refractivity contribution < 1.29 is 14.6 Å². The SMILES string of the molecule is COC(C=NCC(=O)O)CC(C)C. The zero-order valence-corrected chi connectivity index (χ0v) is 8.36. The second-order valence-electron chi connectivity index (χ2n) is 3.29. The lowest BCUT2D eigenvalue weighted by Gasteiger charge is -2.11. The van der Waals surface area contributed by atoms with Gasteiger partial charge in [-0.2, -0.15) is 0 Å². The van der Waals surface area contributed by atoms with E-state index in [9.17, 15) is 4.79 Å². The van der Waals surface area contributed by atoms with Crippen molar-refractivity contribution in [3.05, 3.63) is 0 Å². The van der Waals surface area contributed by atoms with Gasteiger partial charge in [0.1, 0.15) is 6.54 Å². The highest BCUT2D eigenvalue weighted by Crippen LogP contribution is 2.05. The Morgan fingerprint density at radius 3 is 2.62 bits per heavy atom. The van der Waals surface area contributed by atoms with Gasteiger partial charge in [-0.3, -0.25) is 9.79 Å². The number of aliphatic imine (C=N–C) groups is 1. The number of ether oxygens (including phenoxy) is 1. The van der Waals surface area contributed by atoms with Crippen LogP contribution >= 0.6 is 0 Å². The molecule has 76 valence electrons. The van der Waals surface area contributed by atoms with Gasteiger partial charge in [0.2, 0.25) is 0 Å². The van der Waals surface area contributed by atoms with Gasteiger partial charge in [0.05, 0.1) is 6.10 Å². The molecule has 0 saturated carbocycles. The van der Waals surface area contributed by atoms with Crippen LogP contribution < -0.4 is 0 Å². The number of nitrogens with zero attached hydrogens (tertiary/aromatic N) is 1. The molecular weight excluding hydrogens is 170 g/mol. The van der Waals surface area contributed by atoms with E-state index in [4.69, 9.17) is 9.84 Å². The number of rotatable bonds is 6. The number of carboxylic acid groups (broad SMARTS) is 1. The Morgan fingerprint density at radius 2 is 2.23 bits per heavy atom. The van der Waals surface area contributed by atoms with Crippen molar-refractivity contribution in [1.82, 2.24) is 0 Å². The average Bonchev–Trinajstić information content (AvgIpc) is 2.01. The summed E-state index contributed by atoms with van der Waals surface area (Å²) in [5.74, 6) is -0.406. The smallest absolute Gasteiger partial charge is 0.325 e. The van der Waals surface area contributed by atoms with E-state index in [0.717, 1.165) is 6.42 Å². The maximum atomic E-state index is 10.1. The van der Waals surface area contributed by atoms with E-state index >= 15 is 0 Å². The molecule has 0 rings (SSSR count). The third-order valence-corrected chi connectivity index (χ3v) is 1.50. The topological polar surface area (TPSA) is 58.9 Å². The van der Waals surface area contributed by atoms with E-state index in [-0.39, 0.29) is 12.6 Å². The van der Waals surface area contributed by atoms with Crippen LogP contribution in [0.25, 0.3) is 0 Å². The number of hydrogen-bond donors (Lipinski definition) is 1. The molecule has 1 N–H and O–H groups in total. The first-order chi connectivity index (χ1) is 6.06. The van der Waals surface area contributed by atoms with Crippen LogP contribution in [-0.2, 0) is 9.53 Å². The van der Waals surface area contributed by atoms with E-state index in [1.54, 1.807) is 13.3 Å². The summed E-state index contributed by atoms with van der Waals surface area (Å²) in [5, 5.41) is 8.33. The lowest BCUT2D eigenvalue weighted by atomic mass is 10.1. The fourth-order valence-corrected chi connectivity index (χ4v) is 0.931. The molecule has 0 bridgehead atoms. The Hall–Kier alpha value is -0.900. The molecule has 0 saturated heterocycles. The van der Waals surface area contributed by atoms with Crippen LogP contribution in [0.4, 0.5) is 0 Å². The molecule has 0 aliphatic heterocycles. The zero-order valence-electron chi connectivity index (χ0n) is 8.36. The molecule has 1 unspecified atom stereocenters. The van der Waals surface area contributed by atoms with Crippen LogP contribution in [0.15, 0.2) is 4.99 Å². The van der Waals surface area contributed by atoms with E-state index in [0.29, 0.717) is 5.92 Å². The summed E-state index contributed by atoms with van der Waals surface area (Å²) in [6.07, 6.45) is 2.35. The van der Waals surface area contributed by atoms with E-state index in [2.05, 4.69) is 18.8 Å². The van der Waals surface area contributed by atoms with Gasteiger partial charge in [0.25, 0.3) is 0 Å². The monoisotopic (exact) mass is 187 g/mol. The Labute approximate surface area is 78.6 Å². The second kappa shape index (κ2) is 6.60. The average molecular weight is 187 g/mol. The molecule has 0 aliphatic rings. The summed E-state index contributed by atoms with van der Waals surface area (Å²) < 4.78 is 5.10. The van der Waals surface area contributed by atoms with Crippen LogP contribution in [0, 0.1) is 5.92 Å². The quantitative estimate of drug-likeness (QED) is 0.636. The predicted octanol–water partition coefficient (Wildman–Crippen LogP) is 1.20. The number of carbonyl (C=O) groups is 1. The van der Waals surface area contributed by atoms with E-state index < -0.39 is 5.97 Å². The second-order valence-corrected chi connectivity index (χ2v) is 3.29. The minimum Gasteiger partial charge on any atom is -0.480 e. The van der Waals surface area contributed by atoms with Gasteiger partial charge in [0.15, 0.2) is 0 Å². The summed E-state index contributed by atoms with van der Waals surface area (Å²) in [5.41, 5.74) is 0. The van der Waals surface area contributed by atoms with Gasteiger partial charge in [-0.05, 0) is 12.3 Å². The lowest BCUT2D eigenvalue weighted by molar-refractivity contribution is -0.135. The normalized spacial score (nSPS) is 13.8. The van der Waals surface area contributed by atoms with Crippen molar-refractivity contribution in [2.24, 2.45) is 10.9 Å². The molecule has 0 fully saturated rings. The van der Waals surface area contributed by atoms with Crippen molar-refractivity contribution in [1.29, 1.82) is 0 Å². The Balaban J connectivity index is 3.82. The Morgan fingerprint density at radius 1 is 1.62 bits per heavy atom. The third-order valence-electron chi connectivity index (χ3n) is 1.50. The van der Waals surface area contributed by atoms with Crippen LogP contribution in [0.2, 0.25) is 0 Å². The number of carboxylic acids is 1. The van der Waals surface area contributed by atoms with Crippen LogP contribution in [0.1, 0.15) is 20.3 Å². The van der Waals surface area contributed by atoms with Crippen molar-refractivity contribution in [2.45, 2.75) is 26.4 Å². The molecule has 0 radical (unpaired) electrons. The van der Waals surface area contributed by atoms with Gasteiger partial charge in [-0.15, -0.1) is 0 Å². The van der Waals surface area contributed by atoms with Crippen LogP contribution in [-0.4, -0.2) is 37.0 Å². The van der Waals surface area contributed by atoms with Gasteiger partial charge in [-0.25, -0.2) is 0 Å². The number of methoxy groups -OCH3 is 1. The highest BCUT2D eigenvalue weighted by Gasteiger charge is 2.06. The first-order valence-electron chi connectivity index (χ1n) is 4.30. The van der Waals surface area contributed by atoms with Gasteiger partial charge >= 0.3 is 5.97 Å². The molecule has 0 aliphatic carbocycles. The molecule has 0 aromatic rings. The molecular formula is C9H17NO3. The van der Waals surface area contributed by atoms with Crippen LogP contribution in [0.3, 0.4) is 0 Å². The summed E-state index contributed by atoms with van der Waals surface area (Å²) in [7, 11) is 1.60. The number of hydrogen-bond acceptors (Lipinski definition) is 3. The summed E-state index contributed by atoms with van der Waals surface area (Å²) >= 11 is 0. The minimum absolute atomic E-state index is 0.0700. The fraction of sp³-hybridized carbons (Fsp3) is 0.778. The maximum absolute atomic E-state index is 10.1. The minimum atomic E-state index is -0.921. The first kappa shape index (κ1) is 12.1. The molecule has 0 aromatic heterocycles. The van der Waals surface area contributed by atoms with Crippen molar-refractivity contribution in [2.75, 3.05) is 13.7 Å². The van der Waals surface area contributed by atoms with E-state index in [1.165, 1.54) is 0 Å². The lowest BCUT2D eigenvalue weighted by Crippen LogP contribution is -2.16. The standard InChI is InChI=1S/C9H17NO3/c1-7(2)4-8(13-3)5-10-6-9(11)12/h5,7-8H,4,6H2,1-3H3,(H,11,12). The summed E-state index contributed by atoms with van der Waals surface area (Å²) in [4.78, 5) is 13.9. The fourth-order valence-electron chi connectivity index (χ4n) is 0.931. The van der Waals surface area contributed by atoms with Gasteiger partial charge in [-0.1, -0.05) is 13.8 Å². The van der Waals surface area contributed by atoms with Gasteiger partial charge < -0.3 is 9.84 Å². The molecule has 0 spiro atoms. The van der Waals surface area contributed by atoms with Gasteiger partial charge in [0, 0.05) is 13.3 Å². The highest BCUT2D eigenvalue weighted by atomic mass is 16.5. The van der Waals surface area contributed by atoms with Crippen molar-refractivity contribution >= 4 is 12.2 Å². The molecule has 0 aromatic carbocycles. The summed E-state index contributed by atoms with van der Waals surface area (Å²) in [6.45, 7) is 3.98. The molecule has 4 nitrogen and oxygen atoms in total. The zero-order chi connectivity index (χ0) is 10.3. The molecule has 13 heavy (non-hydrogen) atoms. The first-order valence-corrected chi connectivity index (χ1v) is 4.30.